The maximum atomic E-state index is 13.7. The molecule has 0 saturated heterocycles. The lowest BCUT2D eigenvalue weighted by molar-refractivity contribution is 0.174. The minimum Gasteiger partial charge on any atom is -0.507 e. The zero-order chi connectivity index (χ0) is 14.8. The van der Waals surface area contributed by atoms with Crippen LogP contribution in [-0.2, 0) is 6.54 Å². The van der Waals surface area contributed by atoms with Crippen LogP contribution in [-0.4, -0.2) is 19.0 Å². The number of methoxy groups -OCH3 is 1. The normalized spacial score (nSPS) is 12.3. The molecule has 0 unspecified atom stereocenters. The van der Waals surface area contributed by atoms with Gasteiger partial charge in [0.2, 0.25) is 6.79 Å². The molecule has 5 nitrogen and oxygen atoms in total. The highest BCUT2D eigenvalue weighted by Gasteiger charge is 2.17. The van der Waals surface area contributed by atoms with Gasteiger partial charge in [0.15, 0.2) is 11.5 Å². The van der Waals surface area contributed by atoms with Gasteiger partial charge in [-0.25, -0.2) is 4.39 Å². The molecule has 0 fully saturated rings. The molecule has 2 aromatic rings. The third-order valence-corrected chi connectivity index (χ3v) is 3.22. The van der Waals surface area contributed by atoms with E-state index >= 15 is 0 Å². The van der Waals surface area contributed by atoms with Gasteiger partial charge in [0.05, 0.1) is 12.8 Å². The van der Waals surface area contributed by atoms with Gasteiger partial charge in [-0.1, -0.05) is 0 Å². The van der Waals surface area contributed by atoms with Crippen LogP contribution in [0, 0.1) is 5.82 Å². The van der Waals surface area contributed by atoms with Gasteiger partial charge < -0.3 is 24.6 Å². The predicted molar refractivity (Wildman–Crippen MR) is 74.5 cm³/mol. The number of hydrogen-bond acceptors (Lipinski definition) is 5. The van der Waals surface area contributed by atoms with Gasteiger partial charge in [0.25, 0.3) is 0 Å². The first-order chi connectivity index (χ1) is 10.2. The van der Waals surface area contributed by atoms with Crippen molar-refractivity contribution in [3.05, 3.63) is 41.7 Å². The fourth-order valence-electron chi connectivity index (χ4n) is 2.07. The molecule has 3 rings (SSSR count). The Labute approximate surface area is 120 Å². The number of rotatable bonds is 4. The lowest BCUT2D eigenvalue weighted by Crippen LogP contribution is -2.02. The van der Waals surface area contributed by atoms with Gasteiger partial charge in [-0.2, -0.15) is 0 Å². The molecule has 0 amide bonds. The number of benzene rings is 2. The van der Waals surface area contributed by atoms with E-state index in [0.29, 0.717) is 28.5 Å². The van der Waals surface area contributed by atoms with Gasteiger partial charge in [0, 0.05) is 24.2 Å². The lowest BCUT2D eigenvalue weighted by atomic mass is 10.1. The van der Waals surface area contributed by atoms with Gasteiger partial charge >= 0.3 is 0 Å². The quantitative estimate of drug-likeness (QED) is 0.907. The van der Waals surface area contributed by atoms with Crippen molar-refractivity contribution < 1.29 is 23.7 Å². The van der Waals surface area contributed by atoms with Crippen LogP contribution in [0.25, 0.3) is 0 Å². The van der Waals surface area contributed by atoms with E-state index in [1.54, 1.807) is 18.2 Å². The maximum Gasteiger partial charge on any atom is 0.231 e. The molecule has 0 spiro atoms. The summed E-state index contributed by atoms with van der Waals surface area (Å²) < 4.78 is 29.2. The molecule has 0 bridgehead atoms. The van der Waals surface area contributed by atoms with Crippen LogP contribution >= 0.6 is 0 Å². The van der Waals surface area contributed by atoms with E-state index in [9.17, 15) is 9.50 Å². The highest BCUT2D eigenvalue weighted by atomic mass is 19.1. The highest BCUT2D eigenvalue weighted by Crippen LogP contribution is 2.37. The number of ether oxygens (including phenoxy) is 3. The van der Waals surface area contributed by atoms with Crippen LogP contribution in [0.1, 0.15) is 5.56 Å². The van der Waals surface area contributed by atoms with Crippen LogP contribution in [0.2, 0.25) is 0 Å². The number of halogens is 1. The summed E-state index contributed by atoms with van der Waals surface area (Å²) >= 11 is 0. The van der Waals surface area contributed by atoms with Crippen molar-refractivity contribution in [2.75, 3.05) is 19.2 Å². The Morgan fingerprint density at radius 3 is 2.76 bits per heavy atom. The van der Waals surface area contributed by atoms with Crippen LogP contribution in [0.5, 0.6) is 23.0 Å². The summed E-state index contributed by atoms with van der Waals surface area (Å²) in [5, 5.41) is 12.9. The van der Waals surface area contributed by atoms with Crippen molar-refractivity contribution in [1.29, 1.82) is 0 Å². The molecular weight excluding hydrogens is 277 g/mol. The molecule has 6 heteroatoms. The summed E-state index contributed by atoms with van der Waals surface area (Å²) in [4.78, 5) is 0. The standard InChI is InChI=1S/C15H14FNO4/c1-19-10-2-3-11(16)12(5-10)17-7-9-4-14-15(6-13(9)18)21-8-20-14/h2-6,17-18H,7-8H2,1H3. The van der Waals surface area contributed by atoms with Crippen molar-refractivity contribution >= 4 is 5.69 Å². The Morgan fingerprint density at radius 1 is 1.24 bits per heavy atom. The Morgan fingerprint density at radius 2 is 2.00 bits per heavy atom. The van der Waals surface area contributed by atoms with Crippen LogP contribution in [0.15, 0.2) is 30.3 Å². The summed E-state index contributed by atoms with van der Waals surface area (Å²) in [6, 6.07) is 7.57. The first kappa shape index (κ1) is 13.4. The molecule has 1 aliphatic heterocycles. The molecule has 2 N–H and O–H groups in total. The monoisotopic (exact) mass is 291 g/mol. The summed E-state index contributed by atoms with van der Waals surface area (Å²) in [6.07, 6.45) is 0. The predicted octanol–water partition coefficient (Wildman–Crippen LogP) is 2.88. The second-order valence-electron chi connectivity index (χ2n) is 4.53. The number of anilines is 1. The van der Waals surface area contributed by atoms with Crippen molar-refractivity contribution in [2.24, 2.45) is 0 Å². The number of fused-ring (bicyclic) bond motifs is 1. The zero-order valence-electron chi connectivity index (χ0n) is 11.4. The van der Waals surface area contributed by atoms with E-state index in [1.165, 1.54) is 19.2 Å². The number of aromatic hydroxyl groups is 1. The van der Waals surface area contributed by atoms with E-state index < -0.39 is 5.82 Å². The van der Waals surface area contributed by atoms with Gasteiger partial charge in [-0.3, -0.25) is 0 Å². The number of hydrogen-bond donors (Lipinski definition) is 2. The third-order valence-electron chi connectivity index (χ3n) is 3.22. The first-order valence-electron chi connectivity index (χ1n) is 6.36. The topological polar surface area (TPSA) is 60.0 Å². The van der Waals surface area contributed by atoms with Crippen LogP contribution < -0.4 is 19.5 Å². The maximum absolute atomic E-state index is 13.7. The van der Waals surface area contributed by atoms with E-state index in [4.69, 9.17) is 14.2 Å². The summed E-state index contributed by atoms with van der Waals surface area (Å²) in [7, 11) is 1.51. The molecule has 0 radical (unpaired) electrons. The van der Waals surface area contributed by atoms with Crippen molar-refractivity contribution in [1.82, 2.24) is 0 Å². The van der Waals surface area contributed by atoms with Crippen molar-refractivity contribution in [3.8, 4) is 23.0 Å². The summed E-state index contributed by atoms with van der Waals surface area (Å²) in [5.41, 5.74) is 0.882. The molecule has 110 valence electrons. The first-order valence-corrected chi connectivity index (χ1v) is 6.36. The van der Waals surface area contributed by atoms with Crippen molar-refractivity contribution in [3.63, 3.8) is 0 Å². The molecule has 0 aromatic heterocycles. The minimum atomic E-state index is -0.393. The number of nitrogens with one attached hydrogen (secondary N) is 1. The van der Waals surface area contributed by atoms with E-state index in [2.05, 4.69) is 5.32 Å². The van der Waals surface area contributed by atoms with E-state index in [1.807, 2.05) is 0 Å². The molecule has 0 aliphatic carbocycles. The van der Waals surface area contributed by atoms with Crippen LogP contribution in [0.4, 0.5) is 10.1 Å². The lowest BCUT2D eigenvalue weighted by Gasteiger charge is -2.11. The summed E-state index contributed by atoms with van der Waals surface area (Å²) in [6.45, 7) is 0.378. The molecule has 0 saturated carbocycles. The molecule has 1 aliphatic rings. The molecular formula is C15H14FNO4. The Bertz CT molecular complexity index is 675. The highest BCUT2D eigenvalue weighted by molar-refractivity contribution is 5.54. The van der Waals surface area contributed by atoms with E-state index in [0.717, 1.165) is 0 Å². The smallest absolute Gasteiger partial charge is 0.231 e. The minimum absolute atomic E-state index is 0.0649. The third kappa shape index (κ3) is 2.65. The van der Waals surface area contributed by atoms with E-state index in [-0.39, 0.29) is 19.1 Å². The molecule has 1 heterocycles. The Hall–Kier alpha value is -2.63. The number of phenols is 1. The molecule has 2 aromatic carbocycles. The summed E-state index contributed by atoms with van der Waals surface area (Å²) in [5.74, 6) is 1.29. The van der Waals surface area contributed by atoms with Crippen LogP contribution in [0.3, 0.4) is 0 Å². The zero-order valence-corrected chi connectivity index (χ0v) is 11.4. The second-order valence-corrected chi connectivity index (χ2v) is 4.53. The Balaban J connectivity index is 1.79. The molecule has 21 heavy (non-hydrogen) atoms. The second kappa shape index (κ2) is 5.40. The SMILES string of the molecule is COc1ccc(F)c(NCc2cc3c(cc2O)OCO3)c1. The Kier molecular flexibility index (Phi) is 3.43. The van der Waals surface area contributed by atoms with Gasteiger partial charge in [-0.05, 0) is 18.2 Å². The van der Waals surface area contributed by atoms with Gasteiger partial charge in [0.1, 0.15) is 17.3 Å². The largest absolute Gasteiger partial charge is 0.507 e. The molecule has 0 atom stereocenters. The number of phenolic OH excluding ortho intramolecular Hbond substituents is 1. The average molecular weight is 291 g/mol. The fraction of sp³-hybridized carbons (Fsp3) is 0.200. The van der Waals surface area contributed by atoms with Gasteiger partial charge in [-0.15, -0.1) is 0 Å². The average Bonchev–Trinajstić information content (AvgIpc) is 2.93. The fourth-order valence-corrected chi connectivity index (χ4v) is 2.07. The van der Waals surface area contributed by atoms with Crippen molar-refractivity contribution in [2.45, 2.75) is 6.54 Å².